The third-order valence-electron chi connectivity index (χ3n) is 4.47. The molecule has 0 aliphatic rings. The quantitative estimate of drug-likeness (QED) is 0.557. The Morgan fingerprint density at radius 3 is 2.19 bits per heavy atom. The van der Waals surface area contributed by atoms with Crippen molar-refractivity contribution in [3.8, 4) is 16.9 Å². The second kappa shape index (κ2) is 9.68. The van der Waals surface area contributed by atoms with Crippen LogP contribution in [-0.2, 0) is 9.47 Å². The van der Waals surface area contributed by atoms with E-state index in [2.05, 4.69) is 10.4 Å². The number of methoxy groups -OCH3 is 2. The van der Waals surface area contributed by atoms with Crippen LogP contribution in [0.25, 0.3) is 16.9 Å². The Kier molecular flexibility index (Phi) is 6.78. The molecule has 2 aromatic carbocycles. The average molecular weight is 423 g/mol. The Hall–Kier alpha value is -3.98. The van der Waals surface area contributed by atoms with Gasteiger partial charge in [0.25, 0.3) is 5.91 Å². The summed E-state index contributed by atoms with van der Waals surface area (Å²) in [4.78, 5) is 37.3. The fraction of sp³-hybridized carbons (Fsp3) is 0.182. The lowest BCUT2D eigenvalue weighted by Gasteiger charge is -2.07. The lowest BCUT2D eigenvalue weighted by Crippen LogP contribution is -2.26. The Labute approximate surface area is 178 Å². The molecule has 31 heavy (non-hydrogen) atoms. The van der Waals surface area contributed by atoms with Crippen molar-refractivity contribution in [2.24, 2.45) is 0 Å². The largest absolute Gasteiger partial charge is 0.465 e. The van der Waals surface area contributed by atoms with E-state index in [9.17, 15) is 14.4 Å². The zero-order valence-electron chi connectivity index (χ0n) is 17.0. The highest BCUT2D eigenvalue weighted by atomic mass is 16.5. The third-order valence-corrected chi connectivity index (χ3v) is 4.47. The second-order valence-corrected chi connectivity index (χ2v) is 6.36. The third kappa shape index (κ3) is 4.46. The molecule has 0 saturated heterocycles. The van der Waals surface area contributed by atoms with Gasteiger partial charge in [0.05, 0.1) is 26.5 Å². The molecular weight excluding hydrogens is 402 g/mol. The first-order valence-electron chi connectivity index (χ1n) is 9.36. The minimum atomic E-state index is -0.748. The van der Waals surface area contributed by atoms with Crippen LogP contribution in [0.2, 0.25) is 0 Å². The van der Waals surface area contributed by atoms with Gasteiger partial charge in [-0.15, -0.1) is 0 Å². The summed E-state index contributed by atoms with van der Waals surface area (Å²) in [6.07, 6.45) is 0. The van der Waals surface area contributed by atoms with Crippen LogP contribution < -0.4 is 5.32 Å². The summed E-state index contributed by atoms with van der Waals surface area (Å²) in [6.45, 7) is -0.0312. The van der Waals surface area contributed by atoms with Crippen molar-refractivity contribution in [1.82, 2.24) is 15.1 Å². The molecule has 0 saturated carbocycles. The lowest BCUT2D eigenvalue weighted by molar-refractivity contribution is 0.0549. The standard InChI is InChI=1S/C22H21N3O6/c1-30-21(28)17-18(14-8-10-15(11-9-14)20(27)23-12-13-26)24-25(19(17)22(29)31-2)16-6-4-3-5-7-16/h3-11,26H,12-13H2,1-2H3,(H,23,27). The molecular formula is C22H21N3O6. The van der Waals surface area contributed by atoms with E-state index in [0.29, 0.717) is 16.8 Å². The van der Waals surface area contributed by atoms with Crippen LogP contribution in [0.5, 0.6) is 0 Å². The summed E-state index contributed by atoms with van der Waals surface area (Å²) in [5.41, 5.74) is 1.51. The zero-order valence-corrected chi connectivity index (χ0v) is 17.0. The molecule has 160 valence electrons. The Morgan fingerprint density at radius 1 is 0.968 bits per heavy atom. The number of nitrogens with one attached hydrogen (secondary N) is 1. The van der Waals surface area contributed by atoms with Gasteiger partial charge in [0.15, 0.2) is 5.69 Å². The van der Waals surface area contributed by atoms with Gasteiger partial charge in [0.2, 0.25) is 0 Å². The van der Waals surface area contributed by atoms with Crippen molar-refractivity contribution in [2.75, 3.05) is 27.4 Å². The van der Waals surface area contributed by atoms with Crippen LogP contribution in [0, 0.1) is 0 Å². The number of esters is 2. The average Bonchev–Trinajstić information content (AvgIpc) is 3.22. The van der Waals surface area contributed by atoms with Crippen LogP contribution in [0.4, 0.5) is 0 Å². The van der Waals surface area contributed by atoms with Crippen LogP contribution >= 0.6 is 0 Å². The predicted octanol–water partition coefficient (Wildman–Crippen LogP) is 1.83. The van der Waals surface area contributed by atoms with Crippen molar-refractivity contribution in [3.05, 3.63) is 71.4 Å². The number of hydrogen-bond donors (Lipinski definition) is 2. The lowest BCUT2D eigenvalue weighted by atomic mass is 10.0. The summed E-state index contributed by atoms with van der Waals surface area (Å²) < 4.78 is 11.1. The van der Waals surface area contributed by atoms with Gasteiger partial charge in [-0.05, 0) is 24.3 Å². The number of carbonyl (C=O) groups excluding carboxylic acids is 3. The Balaban J connectivity index is 2.16. The van der Waals surface area contributed by atoms with Gasteiger partial charge in [-0.3, -0.25) is 4.79 Å². The first-order chi connectivity index (χ1) is 15.0. The van der Waals surface area contributed by atoms with Gasteiger partial charge in [-0.25, -0.2) is 14.3 Å². The summed E-state index contributed by atoms with van der Waals surface area (Å²) >= 11 is 0. The molecule has 0 aliphatic carbocycles. The van der Waals surface area contributed by atoms with E-state index in [-0.39, 0.29) is 36.0 Å². The van der Waals surface area contributed by atoms with Gasteiger partial charge in [0, 0.05) is 17.7 Å². The molecule has 3 aromatic rings. The molecule has 9 nitrogen and oxygen atoms in total. The van der Waals surface area contributed by atoms with Crippen LogP contribution in [0.15, 0.2) is 54.6 Å². The highest BCUT2D eigenvalue weighted by Crippen LogP contribution is 2.29. The SMILES string of the molecule is COC(=O)c1c(-c2ccc(C(=O)NCCO)cc2)nn(-c2ccccc2)c1C(=O)OC. The van der Waals surface area contributed by atoms with E-state index < -0.39 is 11.9 Å². The summed E-state index contributed by atoms with van der Waals surface area (Å²) in [5, 5.41) is 15.9. The molecule has 2 N–H and O–H groups in total. The molecule has 9 heteroatoms. The molecule has 0 bridgehead atoms. The monoisotopic (exact) mass is 423 g/mol. The van der Waals surface area contributed by atoms with E-state index in [1.54, 1.807) is 48.5 Å². The predicted molar refractivity (Wildman–Crippen MR) is 111 cm³/mol. The van der Waals surface area contributed by atoms with Crippen molar-refractivity contribution in [3.63, 3.8) is 0 Å². The molecule has 1 amide bonds. The first-order valence-corrected chi connectivity index (χ1v) is 9.36. The molecule has 0 aliphatic heterocycles. The number of amides is 1. The summed E-state index contributed by atoms with van der Waals surface area (Å²) in [6, 6.07) is 15.2. The maximum absolute atomic E-state index is 12.6. The van der Waals surface area contributed by atoms with Gasteiger partial charge >= 0.3 is 11.9 Å². The Morgan fingerprint density at radius 2 is 1.61 bits per heavy atom. The van der Waals surface area contributed by atoms with Gasteiger partial charge in [-0.1, -0.05) is 30.3 Å². The van der Waals surface area contributed by atoms with Gasteiger partial charge in [-0.2, -0.15) is 5.10 Å². The number of carbonyl (C=O) groups is 3. The number of para-hydroxylation sites is 1. The van der Waals surface area contributed by atoms with Crippen LogP contribution in [0.1, 0.15) is 31.2 Å². The number of aliphatic hydroxyl groups is 1. The van der Waals surface area contributed by atoms with Gasteiger partial charge in [0.1, 0.15) is 11.3 Å². The fourth-order valence-electron chi connectivity index (χ4n) is 3.01. The zero-order chi connectivity index (χ0) is 22.4. The Bertz CT molecular complexity index is 1090. The maximum Gasteiger partial charge on any atom is 0.357 e. The number of nitrogens with zero attached hydrogens (tertiary/aromatic N) is 2. The normalized spacial score (nSPS) is 10.4. The smallest absolute Gasteiger partial charge is 0.357 e. The molecule has 0 unspecified atom stereocenters. The molecule has 3 rings (SSSR count). The molecule has 1 aromatic heterocycles. The number of aliphatic hydroxyl groups excluding tert-OH is 1. The van der Waals surface area contributed by atoms with E-state index in [1.807, 2.05) is 6.07 Å². The second-order valence-electron chi connectivity index (χ2n) is 6.36. The number of benzene rings is 2. The molecule has 0 fully saturated rings. The molecule has 0 radical (unpaired) electrons. The summed E-state index contributed by atoms with van der Waals surface area (Å²) in [5.74, 6) is -1.84. The number of rotatable bonds is 7. The van der Waals surface area contributed by atoms with Crippen molar-refractivity contribution < 1.29 is 29.0 Å². The van der Waals surface area contributed by atoms with Crippen LogP contribution in [-0.4, -0.2) is 60.1 Å². The van der Waals surface area contributed by atoms with E-state index in [0.717, 1.165) is 0 Å². The first kappa shape index (κ1) is 21.7. The van der Waals surface area contributed by atoms with Crippen molar-refractivity contribution in [1.29, 1.82) is 0 Å². The number of aromatic nitrogens is 2. The van der Waals surface area contributed by atoms with E-state index in [1.165, 1.54) is 18.9 Å². The maximum atomic E-state index is 12.6. The molecule has 1 heterocycles. The minimum Gasteiger partial charge on any atom is -0.465 e. The summed E-state index contributed by atoms with van der Waals surface area (Å²) in [7, 11) is 2.42. The van der Waals surface area contributed by atoms with Crippen LogP contribution in [0.3, 0.4) is 0 Å². The highest BCUT2D eigenvalue weighted by Gasteiger charge is 2.31. The van der Waals surface area contributed by atoms with Crippen molar-refractivity contribution in [2.45, 2.75) is 0 Å². The topological polar surface area (TPSA) is 120 Å². The fourth-order valence-corrected chi connectivity index (χ4v) is 3.01. The number of ether oxygens (including phenoxy) is 2. The number of hydrogen-bond acceptors (Lipinski definition) is 7. The minimum absolute atomic E-state index is 0.0457. The molecule has 0 atom stereocenters. The highest BCUT2D eigenvalue weighted by molar-refractivity contribution is 6.07. The van der Waals surface area contributed by atoms with Gasteiger partial charge < -0.3 is 19.9 Å². The van der Waals surface area contributed by atoms with Crippen molar-refractivity contribution >= 4 is 17.8 Å². The van der Waals surface area contributed by atoms with E-state index >= 15 is 0 Å². The van der Waals surface area contributed by atoms with E-state index in [4.69, 9.17) is 14.6 Å². The molecule has 0 spiro atoms.